The number of sulfonamides is 1. The Bertz CT molecular complexity index is 1620. The van der Waals surface area contributed by atoms with Gasteiger partial charge in [0.2, 0.25) is 0 Å². The lowest BCUT2D eigenvalue weighted by Gasteiger charge is -2.16. The van der Waals surface area contributed by atoms with Crippen LogP contribution < -0.4 is 15.7 Å². The molecule has 5 rings (SSSR count). The topological polar surface area (TPSA) is 164 Å². The van der Waals surface area contributed by atoms with Crippen molar-refractivity contribution in [3.05, 3.63) is 94.7 Å². The van der Waals surface area contributed by atoms with Gasteiger partial charge in [0.15, 0.2) is 0 Å². The Morgan fingerprint density at radius 1 is 0.977 bits per heavy atom. The smallest absolute Gasteiger partial charge is 0.368 e. The molecule has 1 aliphatic carbocycles. The molecule has 13 heteroatoms. The van der Waals surface area contributed by atoms with Crippen LogP contribution >= 0.6 is 0 Å². The minimum atomic E-state index is -3.86. The maximum absolute atomic E-state index is 13.0. The van der Waals surface area contributed by atoms with E-state index in [9.17, 15) is 23.4 Å². The number of aryl methyl sites for hydroxylation is 1. The SMILES string of the molecule is O=c1n(CCC(O)C2CCCC2)nnn1-c1ccc(S(=O)(=O)Nc2ccc(CCNC[C@H](O)c3cccnc3)cc2)cc1. The Morgan fingerprint density at radius 3 is 2.42 bits per heavy atom. The first kappa shape index (κ1) is 30.5. The Hall–Kier alpha value is -3.91. The molecule has 0 spiro atoms. The van der Waals surface area contributed by atoms with Gasteiger partial charge in [-0.15, -0.1) is 0 Å². The number of aromatic nitrogens is 5. The van der Waals surface area contributed by atoms with Gasteiger partial charge < -0.3 is 15.5 Å². The first-order chi connectivity index (χ1) is 20.8. The van der Waals surface area contributed by atoms with E-state index in [0.717, 1.165) is 41.5 Å². The molecule has 1 fully saturated rings. The van der Waals surface area contributed by atoms with E-state index in [1.165, 1.54) is 28.9 Å². The van der Waals surface area contributed by atoms with Gasteiger partial charge in [-0.2, -0.15) is 9.36 Å². The highest BCUT2D eigenvalue weighted by Gasteiger charge is 2.23. The summed E-state index contributed by atoms with van der Waals surface area (Å²) in [5, 5.41) is 31.7. The second kappa shape index (κ2) is 14.0. The number of hydrogen-bond donors (Lipinski definition) is 4. The number of hydrogen-bond acceptors (Lipinski definition) is 9. The molecule has 12 nitrogen and oxygen atoms in total. The van der Waals surface area contributed by atoms with Crippen LogP contribution in [0.4, 0.5) is 5.69 Å². The van der Waals surface area contributed by atoms with Crippen molar-refractivity contribution in [1.29, 1.82) is 0 Å². The number of tetrazole rings is 1. The normalized spacial score (nSPS) is 15.4. The summed E-state index contributed by atoms with van der Waals surface area (Å²) in [7, 11) is -3.86. The van der Waals surface area contributed by atoms with Crippen LogP contribution in [0, 0.1) is 5.92 Å². The van der Waals surface area contributed by atoms with Crippen LogP contribution in [-0.4, -0.2) is 62.6 Å². The molecule has 2 atom stereocenters. The van der Waals surface area contributed by atoms with E-state index in [0.29, 0.717) is 37.3 Å². The van der Waals surface area contributed by atoms with Crippen LogP contribution in [0.25, 0.3) is 5.69 Å². The zero-order chi connectivity index (χ0) is 30.2. The van der Waals surface area contributed by atoms with E-state index < -0.39 is 27.9 Å². The third-order valence-corrected chi connectivity index (χ3v) is 9.21. The highest BCUT2D eigenvalue weighted by molar-refractivity contribution is 7.92. The van der Waals surface area contributed by atoms with Gasteiger partial charge in [0, 0.05) is 30.2 Å². The summed E-state index contributed by atoms with van der Waals surface area (Å²) in [6.45, 7) is 1.31. The lowest BCUT2D eigenvalue weighted by Crippen LogP contribution is -2.27. The van der Waals surface area contributed by atoms with Gasteiger partial charge in [-0.05, 0) is 96.6 Å². The first-order valence-electron chi connectivity index (χ1n) is 14.5. The Morgan fingerprint density at radius 2 is 1.72 bits per heavy atom. The predicted molar refractivity (Wildman–Crippen MR) is 161 cm³/mol. The zero-order valence-electron chi connectivity index (χ0n) is 23.8. The van der Waals surface area contributed by atoms with Crippen LogP contribution in [0.1, 0.15) is 49.3 Å². The summed E-state index contributed by atoms with van der Waals surface area (Å²) in [4.78, 5) is 16.8. The van der Waals surface area contributed by atoms with Gasteiger partial charge >= 0.3 is 5.69 Å². The molecule has 0 bridgehead atoms. The van der Waals surface area contributed by atoms with E-state index in [1.54, 1.807) is 30.6 Å². The summed E-state index contributed by atoms with van der Waals surface area (Å²) in [6.07, 6.45) is 7.62. The monoisotopic (exact) mass is 607 g/mol. The summed E-state index contributed by atoms with van der Waals surface area (Å²) in [6, 6.07) is 16.5. The second-order valence-corrected chi connectivity index (χ2v) is 12.5. The van der Waals surface area contributed by atoms with E-state index in [1.807, 2.05) is 18.2 Å². The van der Waals surface area contributed by atoms with Crippen LogP contribution in [0.2, 0.25) is 0 Å². The standard InChI is InChI=1S/C30H37N7O5S/c38-28(23-4-1-2-5-23)16-19-36-30(40)37(35-34-36)26-11-13-27(14-12-26)43(41,42)33-25-9-7-22(8-10-25)15-18-32-21-29(39)24-6-3-17-31-20-24/h3,6-14,17,20,23,28-29,32-33,38-39H,1-2,4-5,15-16,18-19,21H2/t28?,29-/m0/s1. The largest absolute Gasteiger partial charge is 0.393 e. The van der Waals surface area contributed by atoms with Gasteiger partial charge in [-0.3, -0.25) is 9.71 Å². The molecule has 4 N–H and O–H groups in total. The molecule has 0 radical (unpaired) electrons. The molecule has 0 amide bonds. The predicted octanol–water partition coefficient (Wildman–Crippen LogP) is 2.43. The third kappa shape index (κ3) is 7.93. The van der Waals surface area contributed by atoms with E-state index >= 15 is 0 Å². The fraction of sp³-hybridized carbons (Fsp3) is 0.400. The summed E-state index contributed by atoms with van der Waals surface area (Å²) in [5.41, 5.74) is 2.13. The number of aliphatic hydroxyl groups excluding tert-OH is 2. The van der Waals surface area contributed by atoms with Gasteiger partial charge in [-0.25, -0.2) is 13.2 Å². The average Bonchev–Trinajstić information content (AvgIpc) is 3.70. The van der Waals surface area contributed by atoms with E-state index in [4.69, 9.17) is 0 Å². The van der Waals surface area contributed by atoms with E-state index in [2.05, 4.69) is 25.4 Å². The number of pyridine rings is 1. The van der Waals surface area contributed by atoms with Crippen molar-refractivity contribution in [2.75, 3.05) is 17.8 Å². The van der Waals surface area contributed by atoms with E-state index in [-0.39, 0.29) is 17.4 Å². The molecule has 2 heterocycles. The molecule has 0 aliphatic heterocycles. The molecule has 43 heavy (non-hydrogen) atoms. The molecule has 1 unspecified atom stereocenters. The Labute approximate surface area is 250 Å². The maximum Gasteiger partial charge on any atom is 0.368 e. The number of rotatable bonds is 14. The molecule has 2 aromatic heterocycles. The van der Waals surface area contributed by atoms with Crippen molar-refractivity contribution in [1.82, 2.24) is 30.1 Å². The van der Waals surface area contributed by atoms with Crippen LogP contribution in [0.3, 0.4) is 0 Å². The molecule has 0 saturated heterocycles. The molecular weight excluding hydrogens is 570 g/mol. The third-order valence-electron chi connectivity index (χ3n) is 7.82. The lowest BCUT2D eigenvalue weighted by molar-refractivity contribution is 0.0956. The van der Waals surface area contributed by atoms with Gasteiger partial charge in [0.25, 0.3) is 10.0 Å². The quantitative estimate of drug-likeness (QED) is 0.158. The van der Waals surface area contributed by atoms with Crippen LogP contribution in [0.15, 0.2) is 82.7 Å². The Kier molecular flexibility index (Phi) is 9.97. The van der Waals surface area contributed by atoms with Crippen LogP contribution in [0.5, 0.6) is 0 Å². The highest BCUT2D eigenvalue weighted by Crippen LogP contribution is 2.29. The lowest BCUT2D eigenvalue weighted by atomic mass is 9.98. The van der Waals surface area contributed by atoms with Crippen molar-refractivity contribution in [2.24, 2.45) is 5.92 Å². The van der Waals surface area contributed by atoms with Crippen molar-refractivity contribution in [3.8, 4) is 5.69 Å². The second-order valence-electron chi connectivity index (χ2n) is 10.8. The summed E-state index contributed by atoms with van der Waals surface area (Å²) >= 11 is 0. The minimum Gasteiger partial charge on any atom is -0.393 e. The number of anilines is 1. The number of nitrogens with one attached hydrogen (secondary N) is 2. The molecular formula is C30H37N7O5S. The number of nitrogens with zero attached hydrogens (tertiary/aromatic N) is 5. The molecule has 2 aromatic carbocycles. The summed E-state index contributed by atoms with van der Waals surface area (Å²) < 4.78 is 30.9. The average molecular weight is 608 g/mol. The summed E-state index contributed by atoms with van der Waals surface area (Å²) in [5.74, 6) is 0.276. The zero-order valence-corrected chi connectivity index (χ0v) is 24.6. The first-order valence-corrected chi connectivity index (χ1v) is 16.0. The molecule has 1 aliphatic rings. The van der Waals surface area contributed by atoms with Crippen molar-refractivity contribution in [3.63, 3.8) is 0 Å². The molecule has 228 valence electrons. The maximum atomic E-state index is 13.0. The van der Waals surface area contributed by atoms with Crippen molar-refractivity contribution in [2.45, 2.75) is 62.2 Å². The fourth-order valence-corrected chi connectivity index (χ4v) is 6.35. The van der Waals surface area contributed by atoms with Gasteiger partial charge in [-0.1, -0.05) is 31.0 Å². The van der Waals surface area contributed by atoms with Crippen molar-refractivity contribution < 1.29 is 18.6 Å². The number of aliphatic hydroxyl groups is 2. The van der Waals surface area contributed by atoms with Crippen molar-refractivity contribution >= 4 is 15.7 Å². The molecule has 1 saturated carbocycles. The molecule has 4 aromatic rings. The van der Waals surface area contributed by atoms with Gasteiger partial charge in [0.1, 0.15) is 0 Å². The number of benzene rings is 2. The highest BCUT2D eigenvalue weighted by atomic mass is 32.2. The Balaban J connectivity index is 1.12. The van der Waals surface area contributed by atoms with Crippen LogP contribution in [-0.2, 0) is 23.0 Å². The minimum absolute atomic E-state index is 0.0387. The fourth-order valence-electron chi connectivity index (χ4n) is 5.29. The van der Waals surface area contributed by atoms with Gasteiger partial charge in [0.05, 0.1) is 29.3 Å².